The lowest BCUT2D eigenvalue weighted by Crippen LogP contribution is -2.19. The minimum Gasteiger partial charge on any atom is -0.354 e. The van der Waals surface area contributed by atoms with Crippen LogP contribution >= 0.6 is 0 Å². The Balaban J connectivity index is 2.51. The first-order chi connectivity index (χ1) is 9.93. The van der Waals surface area contributed by atoms with Crippen LogP contribution in [-0.4, -0.2) is 23.7 Å². The van der Waals surface area contributed by atoms with Crippen LogP contribution in [0, 0.1) is 12.7 Å². The fraction of sp³-hybridized carbons (Fsp3) is 0.375. The van der Waals surface area contributed by atoms with Crippen molar-refractivity contribution in [3.8, 4) is 0 Å². The number of halogens is 1. The third-order valence-electron chi connectivity index (χ3n) is 3.52. The standard InChI is InChI=1S/C16H19FN2O2/c1-9-7-12-11(6-4-5-10(2)20)15(16(21)18-3)19-14(12)13(17)8-9/h7-8,19H,4-6H2,1-3H3,(H,18,21). The number of ketones is 1. The number of nitrogens with one attached hydrogen (secondary N) is 2. The molecule has 21 heavy (non-hydrogen) atoms. The molecule has 0 aliphatic carbocycles. The number of amides is 1. The van der Waals surface area contributed by atoms with Crippen LogP contribution in [0.1, 0.15) is 41.4 Å². The molecule has 112 valence electrons. The molecule has 2 aromatic rings. The van der Waals surface area contributed by atoms with E-state index in [2.05, 4.69) is 10.3 Å². The van der Waals surface area contributed by atoms with Gasteiger partial charge in [-0.2, -0.15) is 0 Å². The number of benzene rings is 1. The number of carbonyl (C=O) groups excluding carboxylic acids is 2. The van der Waals surface area contributed by atoms with Crippen molar-refractivity contribution in [2.45, 2.75) is 33.1 Å². The highest BCUT2D eigenvalue weighted by atomic mass is 19.1. The largest absolute Gasteiger partial charge is 0.354 e. The highest BCUT2D eigenvalue weighted by Gasteiger charge is 2.19. The van der Waals surface area contributed by atoms with Gasteiger partial charge >= 0.3 is 0 Å². The van der Waals surface area contributed by atoms with Crippen molar-refractivity contribution in [2.75, 3.05) is 7.05 Å². The van der Waals surface area contributed by atoms with Gasteiger partial charge in [0.05, 0.1) is 5.52 Å². The molecule has 2 rings (SSSR count). The van der Waals surface area contributed by atoms with Gasteiger partial charge in [-0.1, -0.05) is 0 Å². The van der Waals surface area contributed by atoms with Gasteiger partial charge < -0.3 is 15.1 Å². The molecule has 2 N–H and O–H groups in total. The normalized spacial score (nSPS) is 10.9. The average Bonchev–Trinajstić information content (AvgIpc) is 2.77. The molecular weight excluding hydrogens is 271 g/mol. The molecular formula is C16H19FN2O2. The van der Waals surface area contributed by atoms with Crippen LogP contribution in [-0.2, 0) is 11.2 Å². The summed E-state index contributed by atoms with van der Waals surface area (Å²) in [7, 11) is 1.54. The van der Waals surface area contributed by atoms with Gasteiger partial charge in [-0.3, -0.25) is 4.79 Å². The van der Waals surface area contributed by atoms with Crippen LogP contribution in [0.25, 0.3) is 10.9 Å². The molecule has 0 saturated carbocycles. The Hall–Kier alpha value is -2.17. The second-order valence-electron chi connectivity index (χ2n) is 5.28. The summed E-state index contributed by atoms with van der Waals surface area (Å²) in [5, 5.41) is 3.27. The van der Waals surface area contributed by atoms with Crippen LogP contribution in [0.3, 0.4) is 0 Å². The summed E-state index contributed by atoms with van der Waals surface area (Å²) in [6.45, 7) is 3.35. The fourth-order valence-corrected chi connectivity index (χ4v) is 2.53. The molecule has 0 aliphatic rings. The van der Waals surface area contributed by atoms with Crippen molar-refractivity contribution in [1.29, 1.82) is 0 Å². The van der Waals surface area contributed by atoms with E-state index in [1.165, 1.54) is 13.1 Å². The van der Waals surface area contributed by atoms with E-state index >= 15 is 0 Å². The highest BCUT2D eigenvalue weighted by molar-refractivity contribution is 6.01. The number of fused-ring (bicyclic) bond motifs is 1. The van der Waals surface area contributed by atoms with Crippen molar-refractivity contribution in [3.63, 3.8) is 0 Å². The minimum atomic E-state index is -0.368. The lowest BCUT2D eigenvalue weighted by Gasteiger charge is -2.04. The van der Waals surface area contributed by atoms with Crippen LogP contribution in [0.4, 0.5) is 4.39 Å². The molecule has 0 fully saturated rings. The first-order valence-corrected chi connectivity index (χ1v) is 6.96. The summed E-state index contributed by atoms with van der Waals surface area (Å²) in [5.41, 5.74) is 2.29. The predicted molar refractivity (Wildman–Crippen MR) is 80.0 cm³/mol. The number of aromatic amines is 1. The maximum absolute atomic E-state index is 14.0. The summed E-state index contributed by atoms with van der Waals surface area (Å²) in [6.07, 6.45) is 1.65. The van der Waals surface area contributed by atoms with Gasteiger partial charge in [-0.05, 0) is 49.9 Å². The molecule has 0 saturated heterocycles. The molecule has 1 aromatic heterocycles. The van der Waals surface area contributed by atoms with Gasteiger partial charge in [0.1, 0.15) is 17.3 Å². The zero-order chi connectivity index (χ0) is 15.6. The van der Waals surface area contributed by atoms with Gasteiger partial charge in [0, 0.05) is 18.9 Å². The molecule has 1 heterocycles. The van der Waals surface area contributed by atoms with E-state index in [0.29, 0.717) is 30.5 Å². The minimum absolute atomic E-state index is 0.110. The molecule has 0 atom stereocenters. The van der Waals surface area contributed by atoms with Crippen LogP contribution in [0.15, 0.2) is 12.1 Å². The Labute approximate surface area is 122 Å². The molecule has 0 spiro atoms. The topological polar surface area (TPSA) is 62.0 Å². The third-order valence-corrected chi connectivity index (χ3v) is 3.52. The zero-order valence-electron chi connectivity index (χ0n) is 12.5. The maximum atomic E-state index is 14.0. The summed E-state index contributed by atoms with van der Waals surface area (Å²) < 4.78 is 14.0. The van der Waals surface area contributed by atoms with E-state index in [4.69, 9.17) is 0 Å². The van der Waals surface area contributed by atoms with Crippen molar-refractivity contribution in [3.05, 3.63) is 34.8 Å². The Morgan fingerprint density at radius 2 is 2.05 bits per heavy atom. The summed E-state index contributed by atoms with van der Waals surface area (Å²) in [6, 6.07) is 3.30. The molecule has 4 nitrogen and oxygen atoms in total. The van der Waals surface area contributed by atoms with Gasteiger partial charge in [0.2, 0.25) is 0 Å². The van der Waals surface area contributed by atoms with Crippen LogP contribution in [0.2, 0.25) is 0 Å². The SMILES string of the molecule is CNC(=O)c1[nH]c2c(F)cc(C)cc2c1CCCC(C)=O. The van der Waals surface area contributed by atoms with Crippen molar-refractivity contribution < 1.29 is 14.0 Å². The molecule has 0 radical (unpaired) electrons. The smallest absolute Gasteiger partial charge is 0.267 e. The number of H-pyrrole nitrogens is 1. The van der Waals surface area contributed by atoms with Gasteiger partial charge in [-0.25, -0.2) is 4.39 Å². The lowest BCUT2D eigenvalue weighted by molar-refractivity contribution is -0.117. The summed E-state index contributed by atoms with van der Waals surface area (Å²) in [4.78, 5) is 25.9. The van der Waals surface area contributed by atoms with Crippen molar-refractivity contribution in [1.82, 2.24) is 10.3 Å². The molecule has 5 heteroatoms. The average molecular weight is 290 g/mol. The van der Waals surface area contributed by atoms with E-state index in [9.17, 15) is 14.0 Å². The first kappa shape index (κ1) is 15.2. The van der Waals surface area contributed by atoms with Gasteiger partial charge in [-0.15, -0.1) is 0 Å². The number of hydrogen-bond donors (Lipinski definition) is 2. The Morgan fingerprint density at radius 3 is 2.67 bits per heavy atom. The number of Topliss-reactive ketones (excluding diaryl/α,β-unsaturated/α-hetero) is 1. The van der Waals surface area contributed by atoms with E-state index in [-0.39, 0.29) is 17.5 Å². The highest BCUT2D eigenvalue weighted by Crippen LogP contribution is 2.27. The molecule has 0 unspecified atom stereocenters. The number of carbonyl (C=O) groups is 2. The molecule has 1 amide bonds. The Kier molecular flexibility index (Phi) is 4.40. The monoisotopic (exact) mass is 290 g/mol. The predicted octanol–water partition coefficient (Wildman–Crippen LogP) is 2.89. The Bertz CT molecular complexity index is 704. The number of hydrogen-bond acceptors (Lipinski definition) is 2. The van der Waals surface area contributed by atoms with E-state index in [1.54, 1.807) is 6.92 Å². The second kappa shape index (κ2) is 6.08. The third kappa shape index (κ3) is 3.12. The van der Waals surface area contributed by atoms with Gasteiger partial charge in [0.15, 0.2) is 0 Å². The van der Waals surface area contributed by atoms with E-state index < -0.39 is 0 Å². The van der Waals surface area contributed by atoms with E-state index in [1.807, 2.05) is 13.0 Å². The first-order valence-electron chi connectivity index (χ1n) is 6.96. The summed E-state index contributed by atoms with van der Waals surface area (Å²) >= 11 is 0. The van der Waals surface area contributed by atoms with Gasteiger partial charge in [0.25, 0.3) is 5.91 Å². The maximum Gasteiger partial charge on any atom is 0.267 e. The van der Waals surface area contributed by atoms with Crippen molar-refractivity contribution in [2.24, 2.45) is 0 Å². The van der Waals surface area contributed by atoms with Crippen molar-refractivity contribution >= 4 is 22.6 Å². The zero-order valence-corrected chi connectivity index (χ0v) is 12.5. The lowest BCUT2D eigenvalue weighted by atomic mass is 10.0. The number of aryl methyl sites for hydroxylation is 2. The number of rotatable bonds is 5. The van der Waals surface area contributed by atoms with Crippen LogP contribution in [0.5, 0.6) is 0 Å². The quantitative estimate of drug-likeness (QED) is 0.889. The molecule has 0 aliphatic heterocycles. The summed E-state index contributed by atoms with van der Waals surface area (Å²) in [5.74, 6) is -0.534. The van der Waals surface area contributed by atoms with E-state index in [0.717, 1.165) is 16.5 Å². The molecule has 1 aromatic carbocycles. The second-order valence-corrected chi connectivity index (χ2v) is 5.28. The van der Waals surface area contributed by atoms with Crippen LogP contribution < -0.4 is 5.32 Å². The molecule has 0 bridgehead atoms. The number of aromatic nitrogens is 1. The Morgan fingerprint density at radius 1 is 1.33 bits per heavy atom. The fourth-order valence-electron chi connectivity index (χ4n) is 2.53.